The monoisotopic (exact) mass is 358 g/mol. The number of rotatable bonds is 8. The third kappa shape index (κ3) is 3.74. The smallest absolute Gasteiger partial charge is 0.306 e. The van der Waals surface area contributed by atoms with Crippen molar-refractivity contribution in [3.05, 3.63) is 58.5 Å². The van der Waals surface area contributed by atoms with E-state index in [2.05, 4.69) is 0 Å². The lowest BCUT2D eigenvalue weighted by atomic mass is 9.88. The van der Waals surface area contributed by atoms with Crippen molar-refractivity contribution in [2.75, 3.05) is 26.4 Å². The lowest BCUT2D eigenvalue weighted by Crippen LogP contribution is -2.18. The van der Waals surface area contributed by atoms with E-state index in [-0.39, 0.29) is 62.2 Å². The summed E-state index contributed by atoms with van der Waals surface area (Å²) in [6.45, 7) is 0.417. The standard InChI is InChI=1S/C19H18O7/c20-7-8-24-9-10-25-16(21)6-5-12-11-15-17(22)13-3-1-2-4-14(13)18(23)19(15)26-12/h1-4,11,20H,5-10H2. The molecule has 26 heavy (non-hydrogen) atoms. The number of aryl methyl sites for hydroxylation is 1. The number of aliphatic hydroxyl groups is 1. The van der Waals surface area contributed by atoms with Gasteiger partial charge in [0.2, 0.25) is 5.78 Å². The summed E-state index contributed by atoms with van der Waals surface area (Å²) in [6.07, 6.45) is 0.280. The SMILES string of the molecule is O=C(CCc1cc2c(o1)C(=O)c1ccccc1C2=O)OCCOCCO. The van der Waals surface area contributed by atoms with Gasteiger partial charge in [-0.15, -0.1) is 0 Å². The maximum Gasteiger partial charge on any atom is 0.306 e. The lowest BCUT2D eigenvalue weighted by molar-refractivity contribution is -0.145. The number of hydrogen-bond acceptors (Lipinski definition) is 7. The van der Waals surface area contributed by atoms with Crippen molar-refractivity contribution in [3.63, 3.8) is 0 Å². The van der Waals surface area contributed by atoms with E-state index in [0.29, 0.717) is 16.9 Å². The van der Waals surface area contributed by atoms with Gasteiger partial charge in [0.25, 0.3) is 0 Å². The average molecular weight is 358 g/mol. The molecule has 0 saturated heterocycles. The Bertz CT molecular complexity index is 782. The summed E-state index contributed by atoms with van der Waals surface area (Å²) < 4.78 is 15.5. The van der Waals surface area contributed by atoms with Crippen LogP contribution in [0.15, 0.2) is 34.7 Å². The first kappa shape index (κ1) is 18.0. The molecule has 0 atom stereocenters. The van der Waals surface area contributed by atoms with Gasteiger partial charge in [-0.2, -0.15) is 0 Å². The Morgan fingerprint density at radius 1 is 1.00 bits per heavy atom. The highest BCUT2D eigenvalue weighted by Crippen LogP contribution is 2.29. The van der Waals surface area contributed by atoms with Crippen molar-refractivity contribution < 1.29 is 33.4 Å². The van der Waals surface area contributed by atoms with Gasteiger partial charge in [-0.3, -0.25) is 14.4 Å². The fourth-order valence-electron chi connectivity index (χ4n) is 2.73. The summed E-state index contributed by atoms with van der Waals surface area (Å²) in [6, 6.07) is 8.12. The minimum atomic E-state index is -0.437. The number of carbonyl (C=O) groups excluding carboxylic acids is 3. The van der Waals surface area contributed by atoms with E-state index < -0.39 is 5.97 Å². The summed E-state index contributed by atoms with van der Waals surface area (Å²) in [5, 5.41) is 8.56. The topological polar surface area (TPSA) is 103 Å². The molecule has 0 fully saturated rings. The molecular formula is C19H18O7. The number of furan rings is 1. The molecule has 1 heterocycles. The lowest BCUT2D eigenvalue weighted by Gasteiger charge is -2.11. The summed E-state index contributed by atoms with van der Waals surface area (Å²) in [4.78, 5) is 36.7. The summed E-state index contributed by atoms with van der Waals surface area (Å²) in [5.41, 5.74) is 0.919. The molecule has 1 aromatic heterocycles. The van der Waals surface area contributed by atoms with Crippen molar-refractivity contribution >= 4 is 17.5 Å². The summed E-state index contributed by atoms with van der Waals surface area (Å²) in [7, 11) is 0. The second-order valence-corrected chi connectivity index (χ2v) is 5.72. The number of hydrogen-bond donors (Lipinski definition) is 1. The first-order valence-corrected chi connectivity index (χ1v) is 8.27. The van der Waals surface area contributed by atoms with Gasteiger partial charge in [0.15, 0.2) is 11.5 Å². The highest BCUT2D eigenvalue weighted by molar-refractivity contribution is 6.27. The van der Waals surface area contributed by atoms with Gasteiger partial charge in [0.05, 0.1) is 31.8 Å². The minimum Gasteiger partial charge on any atom is -0.463 e. The van der Waals surface area contributed by atoms with Crippen molar-refractivity contribution in [2.45, 2.75) is 12.8 Å². The van der Waals surface area contributed by atoms with E-state index in [9.17, 15) is 14.4 Å². The van der Waals surface area contributed by atoms with Crippen molar-refractivity contribution in [1.82, 2.24) is 0 Å². The first-order chi connectivity index (χ1) is 12.6. The predicted molar refractivity (Wildman–Crippen MR) is 89.2 cm³/mol. The number of aliphatic hydroxyl groups excluding tert-OH is 1. The highest BCUT2D eigenvalue weighted by atomic mass is 16.6. The Balaban J connectivity index is 1.60. The number of ketones is 2. The Labute approximate surface area is 149 Å². The van der Waals surface area contributed by atoms with Crippen LogP contribution in [0.25, 0.3) is 0 Å². The molecule has 0 saturated carbocycles. The Kier molecular flexibility index (Phi) is 5.60. The fourth-order valence-corrected chi connectivity index (χ4v) is 2.73. The van der Waals surface area contributed by atoms with Crippen LogP contribution in [0.3, 0.4) is 0 Å². The van der Waals surface area contributed by atoms with Gasteiger partial charge in [-0.1, -0.05) is 24.3 Å². The normalized spacial score (nSPS) is 12.7. The molecule has 136 valence electrons. The maximum absolute atomic E-state index is 12.5. The van der Waals surface area contributed by atoms with Crippen LogP contribution in [0, 0.1) is 0 Å². The molecular weight excluding hydrogens is 340 g/mol. The molecule has 0 unspecified atom stereocenters. The predicted octanol–water partition coefficient (Wildman–Crippen LogP) is 1.54. The third-order valence-electron chi connectivity index (χ3n) is 3.95. The van der Waals surface area contributed by atoms with Gasteiger partial charge < -0.3 is 19.0 Å². The van der Waals surface area contributed by atoms with Crippen molar-refractivity contribution in [2.24, 2.45) is 0 Å². The number of carbonyl (C=O) groups is 3. The Morgan fingerprint density at radius 3 is 2.46 bits per heavy atom. The zero-order valence-electron chi connectivity index (χ0n) is 14.0. The molecule has 1 aromatic carbocycles. The van der Waals surface area contributed by atoms with E-state index in [0.717, 1.165) is 0 Å². The molecule has 1 N–H and O–H groups in total. The molecule has 3 rings (SSSR count). The largest absolute Gasteiger partial charge is 0.463 e. The molecule has 7 nitrogen and oxygen atoms in total. The number of ether oxygens (including phenoxy) is 2. The van der Waals surface area contributed by atoms with Crippen molar-refractivity contribution in [1.29, 1.82) is 0 Å². The van der Waals surface area contributed by atoms with Gasteiger partial charge in [0, 0.05) is 17.5 Å². The quantitative estimate of drug-likeness (QED) is 0.481. The van der Waals surface area contributed by atoms with Gasteiger partial charge >= 0.3 is 5.97 Å². The number of fused-ring (bicyclic) bond motifs is 2. The van der Waals surface area contributed by atoms with Crippen LogP contribution < -0.4 is 0 Å². The molecule has 0 bridgehead atoms. The van der Waals surface area contributed by atoms with Crippen molar-refractivity contribution in [3.8, 4) is 0 Å². The van der Waals surface area contributed by atoms with Gasteiger partial charge in [-0.25, -0.2) is 0 Å². The van der Waals surface area contributed by atoms with Crippen LogP contribution in [0.4, 0.5) is 0 Å². The number of benzene rings is 1. The molecule has 0 aliphatic heterocycles. The zero-order valence-corrected chi connectivity index (χ0v) is 14.0. The molecule has 2 aromatic rings. The molecule has 7 heteroatoms. The van der Waals surface area contributed by atoms with E-state index in [1.54, 1.807) is 24.3 Å². The average Bonchev–Trinajstić information content (AvgIpc) is 3.09. The van der Waals surface area contributed by atoms with Crippen LogP contribution in [0.2, 0.25) is 0 Å². The van der Waals surface area contributed by atoms with E-state index in [1.807, 2.05) is 0 Å². The highest BCUT2D eigenvalue weighted by Gasteiger charge is 2.33. The van der Waals surface area contributed by atoms with Crippen LogP contribution in [0.1, 0.15) is 44.2 Å². The summed E-state index contributed by atoms with van der Waals surface area (Å²) >= 11 is 0. The van der Waals surface area contributed by atoms with Gasteiger partial charge in [-0.05, 0) is 6.07 Å². The summed E-state index contributed by atoms with van der Waals surface area (Å²) in [5.74, 6) is -0.612. The Morgan fingerprint density at radius 2 is 1.73 bits per heavy atom. The maximum atomic E-state index is 12.5. The fraction of sp³-hybridized carbons (Fsp3) is 0.316. The minimum absolute atomic E-state index is 0.0227. The molecule has 0 amide bonds. The second kappa shape index (κ2) is 8.07. The van der Waals surface area contributed by atoms with E-state index >= 15 is 0 Å². The number of esters is 1. The second-order valence-electron chi connectivity index (χ2n) is 5.72. The molecule has 0 spiro atoms. The van der Waals surface area contributed by atoms with Crippen LogP contribution >= 0.6 is 0 Å². The molecule has 1 aliphatic carbocycles. The zero-order chi connectivity index (χ0) is 18.5. The molecule has 1 aliphatic rings. The van der Waals surface area contributed by atoms with Crippen LogP contribution in [-0.2, 0) is 20.7 Å². The molecule has 0 radical (unpaired) electrons. The van der Waals surface area contributed by atoms with Gasteiger partial charge in [0.1, 0.15) is 12.4 Å². The third-order valence-corrected chi connectivity index (χ3v) is 3.95. The van der Waals surface area contributed by atoms with E-state index in [4.69, 9.17) is 19.0 Å². The van der Waals surface area contributed by atoms with Crippen LogP contribution in [-0.4, -0.2) is 49.1 Å². The van der Waals surface area contributed by atoms with E-state index in [1.165, 1.54) is 6.07 Å². The van der Waals surface area contributed by atoms with Crippen LogP contribution in [0.5, 0.6) is 0 Å². The Hall–Kier alpha value is -2.77. The first-order valence-electron chi connectivity index (χ1n) is 8.27.